The van der Waals surface area contributed by atoms with Crippen LogP contribution in [0.3, 0.4) is 0 Å². The van der Waals surface area contributed by atoms with E-state index in [9.17, 15) is 9.90 Å². The summed E-state index contributed by atoms with van der Waals surface area (Å²) in [5.41, 5.74) is 4.37. The van der Waals surface area contributed by atoms with Crippen LogP contribution in [0.1, 0.15) is 24.0 Å². The summed E-state index contributed by atoms with van der Waals surface area (Å²) in [6, 6.07) is 16.8. The number of aromatic hydroxyl groups is 1. The highest BCUT2D eigenvalue weighted by Gasteiger charge is 2.18. The van der Waals surface area contributed by atoms with Gasteiger partial charge in [0.05, 0.1) is 19.0 Å². The van der Waals surface area contributed by atoms with E-state index in [0.29, 0.717) is 18.9 Å². The van der Waals surface area contributed by atoms with Crippen molar-refractivity contribution in [3.8, 4) is 22.8 Å². The SMILES string of the molecule is COc1ccc(CNC=O)cc1.Cc1cnn2c(NCC3CCCN(C)C3)cc(-c3ccccc3O)nc12. The third kappa shape index (κ3) is 6.80. The maximum absolute atomic E-state index is 10.2. The number of piperidine rings is 1. The first kappa shape index (κ1) is 26.9. The van der Waals surface area contributed by atoms with Gasteiger partial charge < -0.3 is 25.4 Å². The van der Waals surface area contributed by atoms with E-state index in [1.807, 2.05) is 66.2 Å². The number of aromatic nitrogens is 3. The van der Waals surface area contributed by atoms with Crippen molar-refractivity contribution < 1.29 is 14.6 Å². The van der Waals surface area contributed by atoms with Crippen LogP contribution in [0, 0.1) is 12.8 Å². The largest absolute Gasteiger partial charge is 0.507 e. The molecule has 38 heavy (non-hydrogen) atoms. The molecule has 1 fully saturated rings. The molecule has 9 heteroatoms. The van der Waals surface area contributed by atoms with Gasteiger partial charge in [0.1, 0.15) is 17.3 Å². The Kier molecular flexibility index (Phi) is 9.16. The Bertz CT molecular complexity index is 1340. The van der Waals surface area contributed by atoms with E-state index in [1.165, 1.54) is 19.4 Å². The Hall–Kier alpha value is -4.11. The molecule has 2 aromatic heterocycles. The van der Waals surface area contributed by atoms with Gasteiger partial charge in [-0.25, -0.2) is 4.98 Å². The summed E-state index contributed by atoms with van der Waals surface area (Å²) in [7, 11) is 3.81. The summed E-state index contributed by atoms with van der Waals surface area (Å²) in [5.74, 6) is 2.60. The predicted octanol–water partition coefficient (Wildman–Crippen LogP) is 4.11. The van der Waals surface area contributed by atoms with Crippen molar-refractivity contribution in [2.75, 3.05) is 39.1 Å². The van der Waals surface area contributed by atoms with Crippen LogP contribution in [0.4, 0.5) is 5.82 Å². The van der Waals surface area contributed by atoms with Crippen LogP contribution in [0.2, 0.25) is 0 Å². The third-order valence-electron chi connectivity index (χ3n) is 6.67. The number of anilines is 1. The minimum atomic E-state index is 0.237. The monoisotopic (exact) mass is 516 g/mol. The Morgan fingerprint density at radius 3 is 2.68 bits per heavy atom. The lowest BCUT2D eigenvalue weighted by atomic mass is 9.98. The molecule has 0 aliphatic carbocycles. The molecule has 5 rings (SSSR count). The molecule has 0 spiro atoms. The molecule has 0 bridgehead atoms. The molecular formula is C29H36N6O3. The normalized spacial score (nSPS) is 15.4. The molecule has 3 N–H and O–H groups in total. The zero-order chi connectivity index (χ0) is 26.9. The Morgan fingerprint density at radius 1 is 1.18 bits per heavy atom. The summed E-state index contributed by atoms with van der Waals surface area (Å²) < 4.78 is 6.84. The molecule has 3 heterocycles. The van der Waals surface area contributed by atoms with E-state index in [0.717, 1.165) is 52.7 Å². The van der Waals surface area contributed by atoms with Crippen molar-refractivity contribution in [3.63, 3.8) is 0 Å². The lowest BCUT2D eigenvalue weighted by Gasteiger charge is -2.30. The second-order valence-electron chi connectivity index (χ2n) is 9.60. The number of hydrogen-bond donors (Lipinski definition) is 3. The van der Waals surface area contributed by atoms with E-state index < -0.39 is 0 Å². The molecule has 200 valence electrons. The fourth-order valence-corrected chi connectivity index (χ4v) is 4.62. The van der Waals surface area contributed by atoms with Gasteiger partial charge in [0.15, 0.2) is 5.65 Å². The van der Waals surface area contributed by atoms with Crippen LogP contribution in [0.5, 0.6) is 11.5 Å². The summed E-state index contributed by atoms with van der Waals surface area (Å²) in [5, 5.41) is 20.8. The number of para-hydroxylation sites is 1. The van der Waals surface area contributed by atoms with Crippen LogP contribution in [-0.4, -0.2) is 64.8 Å². The highest BCUT2D eigenvalue weighted by atomic mass is 16.5. The van der Waals surface area contributed by atoms with Gasteiger partial charge in [-0.2, -0.15) is 9.61 Å². The smallest absolute Gasteiger partial charge is 0.207 e. The first-order valence-corrected chi connectivity index (χ1v) is 12.8. The zero-order valence-electron chi connectivity index (χ0n) is 22.2. The lowest BCUT2D eigenvalue weighted by Crippen LogP contribution is -2.35. The number of fused-ring (bicyclic) bond motifs is 1. The van der Waals surface area contributed by atoms with E-state index in [4.69, 9.17) is 9.72 Å². The number of amides is 1. The van der Waals surface area contributed by atoms with Crippen molar-refractivity contribution in [1.82, 2.24) is 24.8 Å². The number of phenols is 1. The van der Waals surface area contributed by atoms with Crippen LogP contribution < -0.4 is 15.4 Å². The van der Waals surface area contributed by atoms with Gasteiger partial charge in [-0.05, 0) is 69.1 Å². The Labute approximate surface area is 223 Å². The standard InChI is InChI=1S/C20H25N5O.C9H11NO2/c1-14-11-22-25-19(21-12-15-6-5-9-24(2)13-15)10-17(23-20(14)25)16-7-3-4-8-18(16)26;1-12-9-4-2-8(3-5-9)6-10-7-11/h3-4,7-8,10-11,15,21,26H,5-6,9,12-13H2,1-2H3;2-5,7H,6H2,1H3,(H,10,11). The molecule has 1 unspecified atom stereocenters. The molecule has 1 amide bonds. The van der Waals surface area contributed by atoms with Gasteiger partial charge in [0.25, 0.3) is 0 Å². The second-order valence-corrected chi connectivity index (χ2v) is 9.60. The number of carbonyl (C=O) groups is 1. The van der Waals surface area contributed by atoms with Crippen molar-refractivity contribution in [2.45, 2.75) is 26.3 Å². The van der Waals surface area contributed by atoms with Gasteiger partial charge in [0, 0.05) is 36.8 Å². The summed E-state index contributed by atoms with van der Waals surface area (Å²) in [4.78, 5) is 17.1. The number of carbonyl (C=O) groups excluding carboxylic acids is 1. The average Bonchev–Trinajstić information content (AvgIpc) is 3.32. The van der Waals surface area contributed by atoms with Crippen molar-refractivity contribution in [2.24, 2.45) is 5.92 Å². The molecule has 1 saturated heterocycles. The average molecular weight is 517 g/mol. The Morgan fingerprint density at radius 2 is 1.97 bits per heavy atom. The fourth-order valence-electron chi connectivity index (χ4n) is 4.62. The Balaban J connectivity index is 0.000000236. The summed E-state index contributed by atoms with van der Waals surface area (Å²) in [6.45, 7) is 5.78. The van der Waals surface area contributed by atoms with Gasteiger partial charge in [-0.1, -0.05) is 24.3 Å². The van der Waals surface area contributed by atoms with Crippen molar-refractivity contribution in [3.05, 3.63) is 71.9 Å². The number of aryl methyl sites for hydroxylation is 1. The molecule has 1 aliphatic rings. The number of hydrogen-bond acceptors (Lipinski definition) is 7. The van der Waals surface area contributed by atoms with E-state index in [2.05, 4.69) is 27.7 Å². The highest BCUT2D eigenvalue weighted by Crippen LogP contribution is 2.30. The quantitative estimate of drug-likeness (QED) is 0.303. The summed E-state index contributed by atoms with van der Waals surface area (Å²) in [6.07, 6.45) is 5.01. The van der Waals surface area contributed by atoms with Crippen LogP contribution in [0.25, 0.3) is 16.9 Å². The fraction of sp³-hybridized carbons (Fsp3) is 0.345. The third-order valence-corrected chi connectivity index (χ3v) is 6.67. The van der Waals surface area contributed by atoms with Crippen LogP contribution >= 0.6 is 0 Å². The minimum Gasteiger partial charge on any atom is -0.507 e. The number of methoxy groups -OCH3 is 1. The molecule has 2 aromatic carbocycles. The number of ether oxygens (including phenoxy) is 1. The molecule has 4 aromatic rings. The zero-order valence-corrected chi connectivity index (χ0v) is 22.2. The molecule has 9 nitrogen and oxygen atoms in total. The number of likely N-dealkylation sites (tertiary alicyclic amines) is 1. The number of benzene rings is 2. The highest BCUT2D eigenvalue weighted by molar-refractivity contribution is 5.72. The van der Waals surface area contributed by atoms with Crippen molar-refractivity contribution >= 4 is 17.9 Å². The topological polar surface area (TPSA) is 104 Å². The number of rotatable bonds is 8. The first-order valence-electron chi connectivity index (χ1n) is 12.8. The van der Waals surface area contributed by atoms with Gasteiger partial charge in [-0.15, -0.1) is 0 Å². The molecule has 1 aliphatic heterocycles. The van der Waals surface area contributed by atoms with Gasteiger partial charge in [-0.3, -0.25) is 4.79 Å². The van der Waals surface area contributed by atoms with Gasteiger partial charge >= 0.3 is 0 Å². The summed E-state index contributed by atoms with van der Waals surface area (Å²) >= 11 is 0. The lowest BCUT2D eigenvalue weighted by molar-refractivity contribution is -0.109. The molecular weight excluding hydrogens is 480 g/mol. The first-order chi connectivity index (χ1) is 18.5. The van der Waals surface area contributed by atoms with Crippen molar-refractivity contribution in [1.29, 1.82) is 0 Å². The molecule has 1 atom stereocenters. The number of phenolic OH excluding ortho intramolecular Hbond substituents is 1. The van der Waals surface area contributed by atoms with Gasteiger partial charge in [0.2, 0.25) is 6.41 Å². The predicted molar refractivity (Wildman–Crippen MR) is 149 cm³/mol. The van der Waals surface area contributed by atoms with Crippen LogP contribution in [0.15, 0.2) is 60.8 Å². The molecule has 0 radical (unpaired) electrons. The van der Waals surface area contributed by atoms with Crippen LogP contribution in [-0.2, 0) is 11.3 Å². The maximum Gasteiger partial charge on any atom is 0.207 e. The van der Waals surface area contributed by atoms with E-state index in [-0.39, 0.29) is 5.75 Å². The second kappa shape index (κ2) is 12.9. The van der Waals surface area contributed by atoms with E-state index in [1.54, 1.807) is 13.2 Å². The van der Waals surface area contributed by atoms with E-state index >= 15 is 0 Å². The minimum absolute atomic E-state index is 0.237. The maximum atomic E-state index is 10.2. The number of nitrogens with zero attached hydrogens (tertiary/aromatic N) is 4. The number of nitrogens with one attached hydrogen (secondary N) is 2. The molecule has 0 saturated carbocycles.